The fourth-order valence-electron chi connectivity index (χ4n) is 1.94. The van der Waals surface area contributed by atoms with Crippen molar-refractivity contribution in [2.45, 2.75) is 19.1 Å². The van der Waals surface area contributed by atoms with Gasteiger partial charge in [-0.1, -0.05) is 18.2 Å². The van der Waals surface area contributed by atoms with Crippen molar-refractivity contribution < 1.29 is 17.6 Å². The number of hydrogen-bond donors (Lipinski definition) is 1. The molecule has 0 unspecified atom stereocenters. The molecule has 0 fully saturated rings. The lowest BCUT2D eigenvalue weighted by atomic mass is 10.2. The summed E-state index contributed by atoms with van der Waals surface area (Å²) in [6.45, 7) is 1.81. The first-order chi connectivity index (χ1) is 9.93. The minimum atomic E-state index is -4.42. The Labute approximate surface area is 122 Å². The minimum Gasteiger partial charge on any atom is -0.459 e. The lowest BCUT2D eigenvalue weighted by Crippen LogP contribution is -2.08. The van der Waals surface area contributed by atoms with Gasteiger partial charge < -0.3 is 9.73 Å². The Morgan fingerprint density at radius 1 is 1.29 bits per heavy atom. The predicted molar refractivity (Wildman–Crippen MR) is 75.4 cm³/mol. The number of fused-ring (bicyclic) bond motifs is 1. The zero-order valence-electron chi connectivity index (χ0n) is 10.9. The second-order valence-corrected chi connectivity index (χ2v) is 5.45. The van der Waals surface area contributed by atoms with Crippen molar-refractivity contribution in [2.75, 3.05) is 5.32 Å². The highest BCUT2D eigenvalue weighted by Crippen LogP contribution is 2.33. The van der Waals surface area contributed by atoms with E-state index in [4.69, 9.17) is 4.42 Å². The zero-order chi connectivity index (χ0) is 15.0. The Hall–Kier alpha value is -2.02. The van der Waals surface area contributed by atoms with Gasteiger partial charge in [-0.25, -0.2) is 4.98 Å². The van der Waals surface area contributed by atoms with E-state index in [-0.39, 0.29) is 11.2 Å². The Balaban J connectivity index is 1.79. The van der Waals surface area contributed by atoms with Crippen LogP contribution in [0.1, 0.15) is 24.4 Å². The van der Waals surface area contributed by atoms with Crippen molar-refractivity contribution >= 4 is 27.4 Å². The number of thiazole rings is 1. The van der Waals surface area contributed by atoms with Crippen LogP contribution in [0.2, 0.25) is 0 Å². The predicted octanol–water partition coefficient (Wildman–Crippen LogP) is 5.08. The van der Waals surface area contributed by atoms with Gasteiger partial charge in [0.1, 0.15) is 11.3 Å². The number of benzene rings is 1. The molecule has 3 rings (SSSR count). The molecule has 1 N–H and O–H groups in total. The number of nitrogens with zero attached hydrogens (tertiary/aromatic N) is 1. The third-order valence-electron chi connectivity index (χ3n) is 3.01. The van der Waals surface area contributed by atoms with E-state index in [2.05, 4.69) is 10.3 Å². The Morgan fingerprint density at radius 2 is 2.05 bits per heavy atom. The smallest absolute Gasteiger partial charge is 0.434 e. The van der Waals surface area contributed by atoms with E-state index in [0.717, 1.165) is 27.7 Å². The lowest BCUT2D eigenvalue weighted by Gasteiger charge is -2.09. The topological polar surface area (TPSA) is 38.1 Å². The molecule has 0 saturated heterocycles. The van der Waals surface area contributed by atoms with Crippen molar-refractivity contribution in [3.63, 3.8) is 0 Å². The summed E-state index contributed by atoms with van der Waals surface area (Å²) in [5.74, 6) is 0.653. The number of hydrogen-bond acceptors (Lipinski definition) is 4. The molecule has 0 aliphatic heterocycles. The lowest BCUT2D eigenvalue weighted by molar-refractivity contribution is -0.140. The number of furan rings is 1. The summed E-state index contributed by atoms with van der Waals surface area (Å²) in [4.78, 5) is 3.54. The summed E-state index contributed by atoms with van der Waals surface area (Å²) < 4.78 is 43.2. The van der Waals surface area contributed by atoms with E-state index >= 15 is 0 Å². The summed E-state index contributed by atoms with van der Waals surface area (Å²) >= 11 is 0.922. The second-order valence-electron chi connectivity index (χ2n) is 4.59. The molecule has 1 aromatic carbocycles. The molecule has 0 aliphatic carbocycles. The van der Waals surface area contributed by atoms with Crippen LogP contribution in [0, 0.1) is 0 Å². The molecule has 0 saturated carbocycles. The van der Waals surface area contributed by atoms with Crippen LogP contribution in [-0.4, -0.2) is 4.98 Å². The first kappa shape index (κ1) is 13.9. The van der Waals surface area contributed by atoms with Gasteiger partial charge in [0.2, 0.25) is 0 Å². The number of anilines is 1. The summed E-state index contributed by atoms with van der Waals surface area (Å²) in [7, 11) is 0. The van der Waals surface area contributed by atoms with Crippen LogP contribution >= 0.6 is 11.3 Å². The quantitative estimate of drug-likeness (QED) is 0.733. The summed E-state index contributed by atoms with van der Waals surface area (Å²) in [5.41, 5.74) is -0.136. The molecule has 7 heteroatoms. The molecular weight excluding hydrogens is 301 g/mol. The molecular formula is C14H11F3N2OS. The van der Waals surface area contributed by atoms with Gasteiger partial charge in [0, 0.05) is 10.8 Å². The van der Waals surface area contributed by atoms with Gasteiger partial charge in [0.15, 0.2) is 10.8 Å². The van der Waals surface area contributed by atoms with Gasteiger partial charge in [0.25, 0.3) is 0 Å². The number of alkyl halides is 3. The molecule has 21 heavy (non-hydrogen) atoms. The van der Waals surface area contributed by atoms with E-state index < -0.39 is 11.9 Å². The highest BCUT2D eigenvalue weighted by molar-refractivity contribution is 7.13. The van der Waals surface area contributed by atoms with Crippen LogP contribution < -0.4 is 5.32 Å². The molecule has 3 aromatic rings. The molecule has 0 radical (unpaired) electrons. The van der Waals surface area contributed by atoms with Gasteiger partial charge in [-0.2, -0.15) is 13.2 Å². The zero-order valence-corrected chi connectivity index (χ0v) is 11.8. The summed E-state index contributed by atoms with van der Waals surface area (Å²) in [5, 5.41) is 5.09. The number of halogens is 3. The van der Waals surface area contributed by atoms with Gasteiger partial charge in [-0.3, -0.25) is 0 Å². The number of nitrogens with one attached hydrogen (secondary N) is 1. The number of para-hydroxylation sites is 1. The van der Waals surface area contributed by atoms with Crippen LogP contribution in [-0.2, 0) is 6.18 Å². The molecule has 0 amide bonds. The van der Waals surface area contributed by atoms with Gasteiger partial charge >= 0.3 is 6.18 Å². The highest BCUT2D eigenvalue weighted by Gasteiger charge is 2.33. The Kier molecular flexibility index (Phi) is 3.36. The van der Waals surface area contributed by atoms with E-state index in [0.29, 0.717) is 5.76 Å². The third-order valence-corrected chi connectivity index (χ3v) is 3.78. The number of rotatable bonds is 3. The van der Waals surface area contributed by atoms with Crippen LogP contribution in [0.4, 0.5) is 18.3 Å². The molecule has 110 valence electrons. The normalized spacial score (nSPS) is 13.5. The van der Waals surface area contributed by atoms with Crippen LogP contribution in [0.15, 0.2) is 40.1 Å². The maximum atomic E-state index is 12.5. The van der Waals surface area contributed by atoms with Crippen molar-refractivity contribution in [1.82, 2.24) is 4.98 Å². The van der Waals surface area contributed by atoms with Crippen LogP contribution in [0.5, 0.6) is 0 Å². The van der Waals surface area contributed by atoms with E-state index in [1.165, 1.54) is 0 Å². The van der Waals surface area contributed by atoms with E-state index in [1.54, 1.807) is 0 Å². The monoisotopic (exact) mass is 312 g/mol. The Morgan fingerprint density at radius 3 is 2.71 bits per heavy atom. The first-order valence-corrected chi connectivity index (χ1v) is 7.09. The second kappa shape index (κ2) is 5.07. The fourth-order valence-corrected chi connectivity index (χ4v) is 2.75. The maximum absolute atomic E-state index is 12.5. The van der Waals surface area contributed by atoms with Crippen molar-refractivity contribution in [3.05, 3.63) is 47.2 Å². The molecule has 1 atom stereocenters. The molecule has 2 aromatic heterocycles. The van der Waals surface area contributed by atoms with Crippen molar-refractivity contribution in [3.8, 4) is 0 Å². The molecule has 0 bridgehead atoms. The third kappa shape index (κ3) is 2.87. The highest BCUT2D eigenvalue weighted by atomic mass is 32.1. The first-order valence-electron chi connectivity index (χ1n) is 6.21. The van der Waals surface area contributed by atoms with Gasteiger partial charge in [-0.15, -0.1) is 11.3 Å². The fraction of sp³-hybridized carbons (Fsp3) is 0.214. The molecule has 2 heterocycles. The van der Waals surface area contributed by atoms with Crippen molar-refractivity contribution in [2.24, 2.45) is 0 Å². The average Bonchev–Trinajstić information content (AvgIpc) is 3.03. The van der Waals surface area contributed by atoms with Gasteiger partial charge in [0.05, 0.1) is 6.04 Å². The van der Waals surface area contributed by atoms with Crippen molar-refractivity contribution in [1.29, 1.82) is 0 Å². The number of aromatic nitrogens is 1. The van der Waals surface area contributed by atoms with E-state index in [1.807, 2.05) is 37.3 Å². The maximum Gasteiger partial charge on any atom is 0.434 e. The molecule has 3 nitrogen and oxygen atoms in total. The van der Waals surface area contributed by atoms with Crippen LogP contribution in [0.3, 0.4) is 0 Å². The average molecular weight is 312 g/mol. The minimum absolute atomic E-state index is 0.218. The SMILES string of the molecule is C[C@@H](Nc1nc(C(F)(F)F)cs1)c1cc2ccccc2o1. The van der Waals surface area contributed by atoms with Crippen LogP contribution in [0.25, 0.3) is 11.0 Å². The summed E-state index contributed by atoms with van der Waals surface area (Å²) in [6.07, 6.45) is -4.42. The Bertz CT molecular complexity index is 730. The summed E-state index contributed by atoms with van der Waals surface area (Å²) in [6, 6.07) is 9.12. The molecule has 0 aliphatic rings. The van der Waals surface area contributed by atoms with E-state index in [9.17, 15) is 13.2 Å². The standard InChI is InChI=1S/C14H11F3N2OS/c1-8(11-6-9-4-2-3-5-10(9)20-11)18-13-19-12(7-21-13)14(15,16)17/h2-8H,1H3,(H,18,19)/t8-/m1/s1. The molecule has 0 spiro atoms. The largest absolute Gasteiger partial charge is 0.459 e. The van der Waals surface area contributed by atoms with Gasteiger partial charge in [-0.05, 0) is 19.1 Å².